The average Bonchev–Trinajstić information content (AvgIpc) is 2.35. The molecule has 3 nitrogen and oxygen atoms in total. The van der Waals surface area contributed by atoms with Gasteiger partial charge in [-0.05, 0) is 45.5 Å². The van der Waals surface area contributed by atoms with Crippen molar-refractivity contribution in [2.45, 2.75) is 32.2 Å². The quantitative estimate of drug-likeness (QED) is 0.839. The summed E-state index contributed by atoms with van der Waals surface area (Å²) in [5, 5.41) is 5.95. The van der Waals surface area contributed by atoms with Gasteiger partial charge in [0.15, 0.2) is 0 Å². The zero-order valence-electron chi connectivity index (χ0n) is 11.4. The van der Waals surface area contributed by atoms with Crippen molar-refractivity contribution in [3.63, 3.8) is 0 Å². The zero-order valence-corrected chi connectivity index (χ0v) is 11.4. The first kappa shape index (κ1) is 14.6. The molecule has 1 aromatic carbocycles. The summed E-state index contributed by atoms with van der Waals surface area (Å²) in [5.41, 5.74) is 0.139. The molecule has 0 saturated carbocycles. The lowest BCUT2D eigenvalue weighted by Gasteiger charge is -2.25. The van der Waals surface area contributed by atoms with Crippen molar-refractivity contribution in [2.75, 3.05) is 13.6 Å². The number of hydrogen-bond donors (Lipinski definition) is 2. The molecule has 0 heterocycles. The van der Waals surface area contributed by atoms with Gasteiger partial charge in [-0.3, -0.25) is 4.79 Å². The third-order valence-electron chi connectivity index (χ3n) is 3.20. The Balaban J connectivity index is 2.73. The van der Waals surface area contributed by atoms with Crippen molar-refractivity contribution >= 4 is 5.91 Å². The molecule has 0 spiro atoms. The molecule has 0 radical (unpaired) electrons. The first-order valence-corrected chi connectivity index (χ1v) is 6.09. The Morgan fingerprint density at radius 3 is 2.39 bits per heavy atom. The van der Waals surface area contributed by atoms with E-state index in [4.69, 9.17) is 0 Å². The third kappa shape index (κ3) is 3.53. The maximum Gasteiger partial charge on any atom is 0.230 e. The Morgan fingerprint density at radius 2 is 1.89 bits per heavy atom. The molecule has 0 fully saturated rings. The molecule has 2 N–H and O–H groups in total. The summed E-state index contributed by atoms with van der Waals surface area (Å²) in [6, 6.07) is 6.27. The van der Waals surface area contributed by atoms with Crippen molar-refractivity contribution in [1.82, 2.24) is 10.6 Å². The van der Waals surface area contributed by atoms with Crippen LogP contribution in [0.2, 0.25) is 0 Å². The fourth-order valence-corrected chi connectivity index (χ4v) is 1.57. The smallest absolute Gasteiger partial charge is 0.230 e. The summed E-state index contributed by atoms with van der Waals surface area (Å²) < 4.78 is 12.9. The van der Waals surface area contributed by atoms with Crippen molar-refractivity contribution in [1.29, 1.82) is 0 Å². The fourth-order valence-electron chi connectivity index (χ4n) is 1.57. The van der Waals surface area contributed by atoms with Gasteiger partial charge in [0.1, 0.15) is 5.82 Å². The molecule has 0 aliphatic heterocycles. The summed E-state index contributed by atoms with van der Waals surface area (Å²) in [4.78, 5) is 12.1. The Hall–Kier alpha value is -1.42. The molecular formula is C14H21FN2O. The first-order chi connectivity index (χ1) is 8.37. The van der Waals surface area contributed by atoms with Crippen molar-refractivity contribution in [2.24, 2.45) is 0 Å². The van der Waals surface area contributed by atoms with Gasteiger partial charge in [-0.15, -0.1) is 0 Å². The van der Waals surface area contributed by atoms with E-state index in [1.807, 2.05) is 27.8 Å². The predicted molar refractivity (Wildman–Crippen MR) is 71.0 cm³/mol. The van der Waals surface area contributed by atoms with Gasteiger partial charge in [0, 0.05) is 12.6 Å². The van der Waals surface area contributed by atoms with Crippen LogP contribution in [0.4, 0.5) is 4.39 Å². The maximum absolute atomic E-state index is 12.9. The van der Waals surface area contributed by atoms with Gasteiger partial charge >= 0.3 is 0 Å². The molecule has 0 bridgehead atoms. The summed E-state index contributed by atoms with van der Waals surface area (Å²) in [7, 11) is 1.85. The largest absolute Gasteiger partial charge is 0.354 e. The minimum absolute atomic E-state index is 0.0591. The summed E-state index contributed by atoms with van der Waals surface area (Å²) in [6.45, 7) is 6.23. The molecule has 0 aliphatic rings. The highest BCUT2D eigenvalue weighted by molar-refractivity contribution is 5.87. The fraction of sp³-hybridized carbons (Fsp3) is 0.500. The monoisotopic (exact) mass is 252 g/mol. The minimum Gasteiger partial charge on any atom is -0.354 e. The van der Waals surface area contributed by atoms with Crippen LogP contribution in [0.5, 0.6) is 0 Å². The average molecular weight is 252 g/mol. The van der Waals surface area contributed by atoms with Gasteiger partial charge in [0.05, 0.1) is 5.41 Å². The molecule has 4 heteroatoms. The van der Waals surface area contributed by atoms with Gasteiger partial charge in [0.2, 0.25) is 5.91 Å². The van der Waals surface area contributed by atoms with Crippen molar-refractivity contribution < 1.29 is 9.18 Å². The Morgan fingerprint density at radius 1 is 1.33 bits per heavy atom. The summed E-state index contributed by atoms with van der Waals surface area (Å²) in [6.07, 6.45) is 0. The molecular weight excluding hydrogens is 231 g/mol. The Bertz CT molecular complexity index is 401. The van der Waals surface area contributed by atoms with Crippen LogP contribution >= 0.6 is 0 Å². The highest BCUT2D eigenvalue weighted by Gasteiger charge is 2.29. The number of nitrogens with one attached hydrogen (secondary N) is 2. The van der Waals surface area contributed by atoms with E-state index in [0.29, 0.717) is 6.54 Å². The molecule has 18 heavy (non-hydrogen) atoms. The third-order valence-corrected chi connectivity index (χ3v) is 3.20. The minimum atomic E-state index is -0.666. The van der Waals surface area contributed by atoms with E-state index in [1.54, 1.807) is 12.1 Å². The van der Waals surface area contributed by atoms with E-state index >= 15 is 0 Å². The van der Waals surface area contributed by atoms with E-state index in [-0.39, 0.29) is 17.8 Å². The van der Waals surface area contributed by atoms with Gasteiger partial charge in [-0.1, -0.05) is 12.1 Å². The highest BCUT2D eigenvalue weighted by Crippen LogP contribution is 2.23. The number of amides is 1. The molecule has 1 atom stereocenters. The molecule has 1 rings (SSSR count). The molecule has 1 unspecified atom stereocenters. The van der Waals surface area contributed by atoms with E-state index in [9.17, 15) is 9.18 Å². The second-order valence-corrected chi connectivity index (χ2v) is 5.03. The second-order valence-electron chi connectivity index (χ2n) is 5.03. The summed E-state index contributed by atoms with van der Waals surface area (Å²) >= 11 is 0. The Kier molecular flexibility index (Phi) is 4.84. The maximum atomic E-state index is 12.9. The van der Waals surface area contributed by atoms with Crippen LogP contribution in [0.25, 0.3) is 0 Å². The SMILES string of the molecule is CNC(C)CNC(=O)C(C)(C)c1ccc(F)cc1. The highest BCUT2D eigenvalue weighted by atomic mass is 19.1. The molecule has 1 aromatic rings. The molecule has 0 aromatic heterocycles. The normalized spacial score (nSPS) is 13.2. The number of carbonyl (C=O) groups excluding carboxylic acids is 1. The molecule has 0 saturated heterocycles. The zero-order chi connectivity index (χ0) is 13.8. The van der Waals surface area contributed by atoms with Gasteiger partial charge < -0.3 is 10.6 Å². The van der Waals surface area contributed by atoms with Crippen LogP contribution < -0.4 is 10.6 Å². The van der Waals surface area contributed by atoms with E-state index in [0.717, 1.165) is 5.56 Å². The first-order valence-electron chi connectivity index (χ1n) is 6.09. The van der Waals surface area contributed by atoms with Crippen LogP contribution in [0, 0.1) is 5.82 Å². The molecule has 0 aliphatic carbocycles. The van der Waals surface area contributed by atoms with Crippen LogP contribution in [-0.4, -0.2) is 25.5 Å². The van der Waals surface area contributed by atoms with Gasteiger partial charge in [-0.25, -0.2) is 4.39 Å². The van der Waals surface area contributed by atoms with Crippen molar-refractivity contribution in [3.8, 4) is 0 Å². The van der Waals surface area contributed by atoms with Crippen LogP contribution in [0.3, 0.4) is 0 Å². The Labute approximate surface area is 108 Å². The standard InChI is InChI=1S/C14H21FN2O/c1-10(16-4)9-17-13(18)14(2,3)11-5-7-12(15)8-6-11/h5-8,10,16H,9H2,1-4H3,(H,17,18). The van der Waals surface area contributed by atoms with E-state index < -0.39 is 5.41 Å². The molecule has 1 amide bonds. The van der Waals surface area contributed by atoms with Crippen LogP contribution in [0.15, 0.2) is 24.3 Å². The van der Waals surface area contributed by atoms with Gasteiger partial charge in [-0.2, -0.15) is 0 Å². The van der Waals surface area contributed by atoms with Gasteiger partial charge in [0.25, 0.3) is 0 Å². The number of carbonyl (C=O) groups is 1. The van der Waals surface area contributed by atoms with E-state index in [2.05, 4.69) is 10.6 Å². The van der Waals surface area contributed by atoms with Crippen LogP contribution in [0.1, 0.15) is 26.3 Å². The van der Waals surface area contributed by atoms with E-state index in [1.165, 1.54) is 12.1 Å². The number of hydrogen-bond acceptors (Lipinski definition) is 2. The molecule has 100 valence electrons. The lowest BCUT2D eigenvalue weighted by Crippen LogP contribution is -2.45. The lowest BCUT2D eigenvalue weighted by molar-refractivity contribution is -0.125. The second kappa shape index (κ2) is 5.96. The number of halogens is 1. The number of benzene rings is 1. The predicted octanol–water partition coefficient (Wildman–Crippen LogP) is 1.83. The van der Waals surface area contributed by atoms with Crippen LogP contribution in [-0.2, 0) is 10.2 Å². The topological polar surface area (TPSA) is 41.1 Å². The number of rotatable bonds is 5. The summed E-state index contributed by atoms with van der Waals surface area (Å²) in [5.74, 6) is -0.352. The lowest BCUT2D eigenvalue weighted by atomic mass is 9.83. The number of likely N-dealkylation sites (N-methyl/N-ethyl adjacent to an activating group) is 1. The van der Waals surface area contributed by atoms with Crippen molar-refractivity contribution in [3.05, 3.63) is 35.6 Å².